The van der Waals surface area contributed by atoms with Gasteiger partial charge in [-0.3, -0.25) is 14.4 Å². The summed E-state index contributed by atoms with van der Waals surface area (Å²) in [6.07, 6.45) is 0.165. The van der Waals surface area contributed by atoms with Crippen molar-refractivity contribution in [2.75, 3.05) is 27.2 Å². The van der Waals surface area contributed by atoms with Gasteiger partial charge in [0.2, 0.25) is 11.8 Å². The second kappa shape index (κ2) is 8.76. The lowest BCUT2D eigenvalue weighted by atomic mass is 9.80. The smallest absolute Gasteiger partial charge is 0.226 e. The first-order valence-electron chi connectivity index (χ1n) is 9.02. The molecule has 144 valence electrons. The Morgan fingerprint density at radius 1 is 1.32 bits per heavy atom. The van der Waals surface area contributed by atoms with Crippen molar-refractivity contribution in [1.29, 1.82) is 0 Å². The molecule has 0 saturated carbocycles. The number of quaternary nitrogens is 1. The van der Waals surface area contributed by atoms with Crippen molar-refractivity contribution in [3.8, 4) is 0 Å². The summed E-state index contributed by atoms with van der Waals surface area (Å²) in [5, 5.41) is 11.6. The Labute approximate surface area is 150 Å². The molecule has 1 fully saturated rings. The third-order valence-electron chi connectivity index (χ3n) is 5.49. The average molecular weight is 356 g/mol. The molecule has 1 aliphatic rings. The van der Waals surface area contributed by atoms with E-state index in [0.29, 0.717) is 18.3 Å². The Bertz CT molecular complexity index is 495. The van der Waals surface area contributed by atoms with Crippen molar-refractivity contribution in [3.63, 3.8) is 0 Å². The van der Waals surface area contributed by atoms with E-state index in [0.717, 1.165) is 24.0 Å². The lowest BCUT2D eigenvalue weighted by Crippen LogP contribution is -2.44. The number of nitrogens with zero attached hydrogens (tertiary/aromatic N) is 1. The molecule has 1 aliphatic heterocycles. The molecular weight excluding hydrogens is 322 g/mol. The van der Waals surface area contributed by atoms with Crippen LogP contribution in [-0.4, -0.2) is 61.1 Å². The van der Waals surface area contributed by atoms with Gasteiger partial charge < -0.3 is 20.6 Å². The number of hydrogen-bond acceptors (Lipinski definition) is 4. The summed E-state index contributed by atoms with van der Waals surface area (Å²) in [6, 6.07) is 0. The zero-order valence-electron chi connectivity index (χ0n) is 16.1. The van der Waals surface area contributed by atoms with Gasteiger partial charge in [0.1, 0.15) is 0 Å². The lowest BCUT2D eigenvalue weighted by Gasteiger charge is -2.27. The monoisotopic (exact) mass is 356 g/mol. The Morgan fingerprint density at radius 3 is 2.36 bits per heavy atom. The third-order valence-corrected chi connectivity index (χ3v) is 5.49. The van der Waals surface area contributed by atoms with Crippen molar-refractivity contribution in [3.05, 3.63) is 0 Å². The minimum Gasteiger partial charge on any atom is -0.369 e. The highest BCUT2D eigenvalue weighted by Gasteiger charge is 2.39. The van der Waals surface area contributed by atoms with Crippen LogP contribution >= 0.6 is 0 Å². The summed E-state index contributed by atoms with van der Waals surface area (Å²) >= 11 is 0. The lowest BCUT2D eigenvalue weighted by molar-refractivity contribution is -0.880. The van der Waals surface area contributed by atoms with Gasteiger partial charge in [0.05, 0.1) is 27.2 Å². The maximum atomic E-state index is 12.4. The van der Waals surface area contributed by atoms with E-state index in [-0.39, 0.29) is 12.2 Å². The van der Waals surface area contributed by atoms with Gasteiger partial charge in [-0.25, -0.2) is 0 Å². The normalized spacial score (nSPS) is 27.1. The van der Waals surface area contributed by atoms with Crippen LogP contribution in [0.4, 0.5) is 0 Å². The largest absolute Gasteiger partial charge is 0.369 e. The number of primary amides is 1. The molecule has 7 heteroatoms. The number of aldehydes is 1. The number of likely N-dealkylation sites (tertiary alicyclic amines) is 1. The van der Waals surface area contributed by atoms with Gasteiger partial charge >= 0.3 is 0 Å². The topological polar surface area (TPSA) is 109 Å². The van der Waals surface area contributed by atoms with Gasteiger partial charge in [-0.1, -0.05) is 20.8 Å². The van der Waals surface area contributed by atoms with Crippen LogP contribution in [-0.2, 0) is 14.4 Å². The summed E-state index contributed by atoms with van der Waals surface area (Å²) in [5.74, 6) is -0.936. The minimum absolute atomic E-state index is 0.233. The van der Waals surface area contributed by atoms with E-state index in [1.165, 1.54) is 0 Å². The van der Waals surface area contributed by atoms with Gasteiger partial charge in [0.15, 0.2) is 12.5 Å². The van der Waals surface area contributed by atoms with Gasteiger partial charge in [-0.15, -0.1) is 0 Å². The van der Waals surface area contributed by atoms with E-state index in [1.54, 1.807) is 6.92 Å². The van der Waals surface area contributed by atoms with Crippen LogP contribution in [0, 0.1) is 29.6 Å². The highest BCUT2D eigenvalue weighted by molar-refractivity contribution is 5.87. The highest BCUT2D eigenvalue weighted by Crippen LogP contribution is 2.34. The maximum absolute atomic E-state index is 12.4. The molecule has 0 aromatic rings. The number of hydrogen-bond donors (Lipinski definition) is 3. The molecule has 4 N–H and O–H groups in total. The number of amides is 2. The maximum Gasteiger partial charge on any atom is 0.226 e. The first-order valence-corrected chi connectivity index (χ1v) is 9.02. The fourth-order valence-corrected chi connectivity index (χ4v) is 4.19. The Hall–Kier alpha value is -1.47. The van der Waals surface area contributed by atoms with E-state index in [4.69, 9.17) is 5.73 Å². The quantitative estimate of drug-likeness (QED) is 0.309. The zero-order valence-corrected chi connectivity index (χ0v) is 16.1. The minimum atomic E-state index is -1.56. The Morgan fingerprint density at radius 2 is 1.92 bits per heavy atom. The molecule has 25 heavy (non-hydrogen) atoms. The van der Waals surface area contributed by atoms with Crippen LogP contribution in [0.2, 0.25) is 0 Å². The number of carbonyl (C=O) groups excluding carboxylic acids is 3. The van der Waals surface area contributed by atoms with Crippen molar-refractivity contribution in [2.24, 2.45) is 35.3 Å². The molecule has 0 aliphatic carbocycles. The van der Waals surface area contributed by atoms with Gasteiger partial charge in [0, 0.05) is 23.7 Å². The number of carbonyl (C=O) groups is 3. The van der Waals surface area contributed by atoms with E-state index in [1.807, 2.05) is 0 Å². The standard InChI is InChI=1S/C18H33N3O4/c1-11(6-14-9-21(4,5)8-12(14)2)7-15(13(3)17(19)24)18(25)20-16(23)10-22/h10-16,23H,6-9H2,1-5H3,(H2-,19,20,24,25)/p+1. The van der Waals surface area contributed by atoms with Crippen LogP contribution in [0.1, 0.15) is 33.6 Å². The van der Waals surface area contributed by atoms with Gasteiger partial charge in [-0.2, -0.15) is 0 Å². The molecule has 0 bridgehead atoms. The number of nitrogens with one attached hydrogen (secondary N) is 1. The number of nitrogens with two attached hydrogens (primary N) is 1. The third kappa shape index (κ3) is 6.40. The summed E-state index contributed by atoms with van der Waals surface area (Å²) < 4.78 is 1.01. The van der Waals surface area contributed by atoms with E-state index in [9.17, 15) is 19.5 Å². The first-order chi connectivity index (χ1) is 11.5. The van der Waals surface area contributed by atoms with E-state index in [2.05, 4.69) is 33.3 Å². The molecule has 0 radical (unpaired) electrons. The van der Waals surface area contributed by atoms with Crippen LogP contribution in [0.5, 0.6) is 0 Å². The van der Waals surface area contributed by atoms with Crippen molar-refractivity contribution < 1.29 is 24.0 Å². The molecule has 1 rings (SSSR count). The molecular formula is C18H34N3O4+. The van der Waals surface area contributed by atoms with Crippen molar-refractivity contribution in [1.82, 2.24) is 5.32 Å². The predicted molar refractivity (Wildman–Crippen MR) is 95.0 cm³/mol. The molecule has 0 aromatic heterocycles. The Kier molecular flexibility index (Phi) is 7.56. The van der Waals surface area contributed by atoms with Crippen LogP contribution < -0.4 is 11.1 Å². The summed E-state index contributed by atoms with van der Waals surface area (Å²) in [7, 11) is 4.46. The van der Waals surface area contributed by atoms with E-state index < -0.39 is 29.9 Å². The predicted octanol–water partition coefficient (Wildman–Crippen LogP) is 0.116. The number of aliphatic hydroxyl groups excluding tert-OH is 1. The summed E-state index contributed by atoms with van der Waals surface area (Å²) in [4.78, 5) is 34.5. The van der Waals surface area contributed by atoms with Crippen molar-refractivity contribution >= 4 is 18.1 Å². The van der Waals surface area contributed by atoms with Gasteiger partial charge in [0.25, 0.3) is 0 Å². The van der Waals surface area contributed by atoms with E-state index >= 15 is 0 Å². The van der Waals surface area contributed by atoms with Crippen LogP contribution in [0.15, 0.2) is 0 Å². The summed E-state index contributed by atoms with van der Waals surface area (Å²) in [5.41, 5.74) is 5.38. The second-order valence-corrected chi connectivity index (χ2v) is 8.50. The molecule has 7 nitrogen and oxygen atoms in total. The molecule has 6 atom stereocenters. The first kappa shape index (κ1) is 21.6. The number of rotatable bonds is 9. The zero-order chi connectivity index (χ0) is 19.4. The highest BCUT2D eigenvalue weighted by atomic mass is 16.3. The molecule has 0 aromatic carbocycles. The van der Waals surface area contributed by atoms with Crippen LogP contribution in [0.25, 0.3) is 0 Å². The fourth-order valence-electron chi connectivity index (χ4n) is 4.19. The fraction of sp³-hybridized carbons (Fsp3) is 0.833. The Balaban J connectivity index is 2.74. The molecule has 6 unspecified atom stereocenters. The molecule has 1 saturated heterocycles. The molecule has 2 amide bonds. The number of aliphatic hydroxyl groups is 1. The van der Waals surface area contributed by atoms with Crippen LogP contribution in [0.3, 0.4) is 0 Å². The second-order valence-electron chi connectivity index (χ2n) is 8.50. The summed E-state index contributed by atoms with van der Waals surface area (Å²) in [6.45, 7) is 8.21. The SMILES string of the molecule is CC(CC1C[N+](C)(C)CC1C)CC(C(=O)NC(O)C=O)C(C)C(N)=O. The molecule has 0 spiro atoms. The van der Waals surface area contributed by atoms with Gasteiger partial charge in [-0.05, 0) is 18.8 Å². The van der Waals surface area contributed by atoms with Crippen molar-refractivity contribution in [2.45, 2.75) is 39.8 Å². The molecule has 1 heterocycles. The average Bonchev–Trinajstić information content (AvgIpc) is 2.75.